The fraction of sp³-hybridized carbons (Fsp3) is 0.400. The molecule has 0 spiro atoms. The lowest BCUT2D eigenvalue weighted by Gasteiger charge is -2.12. The first-order valence-corrected chi connectivity index (χ1v) is 6.90. The monoisotopic (exact) mass is 291 g/mol. The summed E-state index contributed by atoms with van der Waals surface area (Å²) in [5.74, 6) is 0. The van der Waals surface area contributed by atoms with Crippen molar-refractivity contribution in [3.8, 4) is 0 Å². The number of ether oxygens (including phenoxy) is 1. The number of benzene rings is 1. The number of nitrogens with zero attached hydrogens (tertiary/aromatic N) is 1. The average molecular weight is 291 g/mol. The molecule has 2 rings (SSSR count). The smallest absolute Gasteiger partial charge is 0.319 e. The lowest BCUT2D eigenvalue weighted by atomic mass is 10.2. The maximum absolute atomic E-state index is 11.8. The number of rotatable bonds is 6. The lowest BCUT2D eigenvalue weighted by Crippen LogP contribution is -2.38. The van der Waals surface area contributed by atoms with E-state index < -0.39 is 0 Å². The molecule has 0 saturated heterocycles. The van der Waals surface area contributed by atoms with E-state index in [0.717, 1.165) is 17.4 Å². The van der Waals surface area contributed by atoms with Crippen molar-refractivity contribution in [2.24, 2.45) is 0 Å². The summed E-state index contributed by atoms with van der Waals surface area (Å²) in [5.41, 5.74) is 1.75. The zero-order valence-electron chi connectivity index (χ0n) is 12.3. The standard InChI is InChI=1S/C15H21N3O3/c1-11(10-19)16-15(20)17-13-4-3-12-5-6-18(7-8-21-2)14(12)9-13/h3-6,9,11,19H,7-8,10H2,1-2H3,(H2,16,17,20). The van der Waals surface area contributed by atoms with Crippen molar-refractivity contribution in [2.45, 2.75) is 19.5 Å². The Labute approximate surface area is 123 Å². The fourth-order valence-corrected chi connectivity index (χ4v) is 2.08. The van der Waals surface area contributed by atoms with Crippen LogP contribution in [0.25, 0.3) is 10.9 Å². The number of nitrogens with one attached hydrogen (secondary N) is 2. The number of carbonyl (C=O) groups is 1. The number of hydrogen-bond donors (Lipinski definition) is 3. The molecule has 2 amide bonds. The topological polar surface area (TPSA) is 75.5 Å². The molecular weight excluding hydrogens is 270 g/mol. The van der Waals surface area contributed by atoms with Crippen LogP contribution in [0.15, 0.2) is 30.5 Å². The molecule has 0 bridgehead atoms. The van der Waals surface area contributed by atoms with E-state index >= 15 is 0 Å². The van der Waals surface area contributed by atoms with Crippen molar-refractivity contribution in [3.05, 3.63) is 30.5 Å². The molecule has 1 aromatic heterocycles. The number of aromatic nitrogens is 1. The van der Waals surface area contributed by atoms with Gasteiger partial charge in [-0.2, -0.15) is 0 Å². The molecule has 3 N–H and O–H groups in total. The molecule has 1 aromatic carbocycles. The van der Waals surface area contributed by atoms with Gasteiger partial charge in [-0.05, 0) is 30.5 Å². The Morgan fingerprint density at radius 1 is 1.43 bits per heavy atom. The molecule has 1 atom stereocenters. The number of aliphatic hydroxyl groups is 1. The summed E-state index contributed by atoms with van der Waals surface area (Å²) < 4.78 is 7.17. The molecule has 0 aliphatic heterocycles. The predicted octanol–water partition coefficient (Wildman–Crippen LogP) is 1.79. The zero-order valence-corrected chi connectivity index (χ0v) is 12.3. The third-order valence-corrected chi connectivity index (χ3v) is 3.22. The molecule has 2 aromatic rings. The van der Waals surface area contributed by atoms with E-state index in [-0.39, 0.29) is 18.7 Å². The van der Waals surface area contributed by atoms with Crippen molar-refractivity contribution in [2.75, 3.05) is 25.6 Å². The van der Waals surface area contributed by atoms with Gasteiger partial charge < -0.3 is 25.0 Å². The molecule has 0 fully saturated rings. The summed E-state index contributed by atoms with van der Waals surface area (Å²) in [5, 5.41) is 15.4. The normalized spacial score (nSPS) is 12.3. The Morgan fingerprint density at radius 2 is 2.24 bits per heavy atom. The van der Waals surface area contributed by atoms with Gasteiger partial charge in [0.1, 0.15) is 0 Å². The fourth-order valence-electron chi connectivity index (χ4n) is 2.08. The van der Waals surface area contributed by atoms with E-state index in [1.807, 2.05) is 30.5 Å². The highest BCUT2D eigenvalue weighted by molar-refractivity contribution is 5.92. The summed E-state index contributed by atoms with van der Waals surface area (Å²) in [6.45, 7) is 3.04. The predicted molar refractivity (Wildman–Crippen MR) is 82.5 cm³/mol. The van der Waals surface area contributed by atoms with Crippen molar-refractivity contribution in [3.63, 3.8) is 0 Å². The van der Waals surface area contributed by atoms with E-state index in [1.54, 1.807) is 14.0 Å². The van der Waals surface area contributed by atoms with Crippen LogP contribution in [0.4, 0.5) is 10.5 Å². The minimum atomic E-state index is -0.328. The molecule has 1 unspecified atom stereocenters. The molecule has 21 heavy (non-hydrogen) atoms. The van der Waals surface area contributed by atoms with Gasteiger partial charge in [-0.25, -0.2) is 4.79 Å². The number of methoxy groups -OCH3 is 1. The van der Waals surface area contributed by atoms with Gasteiger partial charge in [0.05, 0.1) is 24.8 Å². The molecule has 6 nitrogen and oxygen atoms in total. The summed E-state index contributed by atoms with van der Waals surface area (Å²) in [6.07, 6.45) is 2.00. The highest BCUT2D eigenvalue weighted by Crippen LogP contribution is 2.20. The van der Waals surface area contributed by atoms with Crippen LogP contribution in [0.2, 0.25) is 0 Å². The van der Waals surface area contributed by atoms with Gasteiger partial charge in [-0.3, -0.25) is 0 Å². The van der Waals surface area contributed by atoms with Crippen LogP contribution in [0.3, 0.4) is 0 Å². The maximum Gasteiger partial charge on any atom is 0.319 e. The van der Waals surface area contributed by atoms with Crippen molar-refractivity contribution < 1.29 is 14.6 Å². The number of fused-ring (bicyclic) bond motifs is 1. The maximum atomic E-state index is 11.8. The molecule has 0 saturated carbocycles. The van der Waals surface area contributed by atoms with Gasteiger partial charge in [0.2, 0.25) is 0 Å². The van der Waals surface area contributed by atoms with Crippen molar-refractivity contribution in [1.82, 2.24) is 9.88 Å². The largest absolute Gasteiger partial charge is 0.394 e. The second-order valence-electron chi connectivity index (χ2n) is 4.96. The molecule has 114 valence electrons. The van der Waals surface area contributed by atoms with E-state index in [0.29, 0.717) is 12.3 Å². The highest BCUT2D eigenvalue weighted by Gasteiger charge is 2.07. The van der Waals surface area contributed by atoms with Gasteiger partial charge in [0, 0.05) is 25.5 Å². The SMILES string of the molecule is COCCn1ccc2ccc(NC(=O)NC(C)CO)cc21. The number of hydrogen-bond acceptors (Lipinski definition) is 3. The molecule has 0 radical (unpaired) electrons. The summed E-state index contributed by atoms with van der Waals surface area (Å²) in [6, 6.07) is 7.16. The minimum absolute atomic E-state index is 0.0909. The summed E-state index contributed by atoms with van der Waals surface area (Å²) >= 11 is 0. The second kappa shape index (κ2) is 7.10. The Kier molecular flexibility index (Phi) is 5.19. The number of anilines is 1. The summed E-state index contributed by atoms with van der Waals surface area (Å²) in [7, 11) is 1.67. The molecular formula is C15H21N3O3. The van der Waals surface area contributed by atoms with Crippen LogP contribution in [-0.2, 0) is 11.3 Å². The van der Waals surface area contributed by atoms with Crippen molar-refractivity contribution in [1.29, 1.82) is 0 Å². The first-order chi connectivity index (χ1) is 10.1. The van der Waals surface area contributed by atoms with Crippen molar-refractivity contribution >= 4 is 22.6 Å². The van der Waals surface area contributed by atoms with Crippen LogP contribution >= 0.6 is 0 Å². The molecule has 0 aliphatic rings. The second-order valence-corrected chi connectivity index (χ2v) is 4.96. The minimum Gasteiger partial charge on any atom is -0.394 e. The van der Waals surface area contributed by atoms with Crippen LogP contribution in [-0.4, -0.2) is 42.1 Å². The number of amides is 2. The van der Waals surface area contributed by atoms with E-state index in [9.17, 15) is 4.79 Å². The summed E-state index contributed by atoms with van der Waals surface area (Å²) in [4.78, 5) is 11.8. The number of aliphatic hydroxyl groups excluding tert-OH is 1. The van der Waals surface area contributed by atoms with E-state index in [1.165, 1.54) is 0 Å². The quantitative estimate of drug-likeness (QED) is 0.759. The first-order valence-electron chi connectivity index (χ1n) is 6.90. The van der Waals surface area contributed by atoms with Gasteiger partial charge in [-0.15, -0.1) is 0 Å². The van der Waals surface area contributed by atoms with Gasteiger partial charge in [0.15, 0.2) is 0 Å². The Bertz CT molecular complexity index is 609. The average Bonchev–Trinajstić information content (AvgIpc) is 2.87. The molecule has 1 heterocycles. The van der Waals surface area contributed by atoms with Crippen LogP contribution in [0.5, 0.6) is 0 Å². The van der Waals surface area contributed by atoms with Crippen LogP contribution < -0.4 is 10.6 Å². The number of carbonyl (C=O) groups excluding carboxylic acids is 1. The molecule has 0 aliphatic carbocycles. The third kappa shape index (κ3) is 3.96. The number of urea groups is 1. The zero-order chi connectivity index (χ0) is 15.2. The molecule has 6 heteroatoms. The Hall–Kier alpha value is -2.05. The van der Waals surface area contributed by atoms with E-state index in [4.69, 9.17) is 9.84 Å². The lowest BCUT2D eigenvalue weighted by molar-refractivity contribution is 0.188. The first kappa shape index (κ1) is 15.3. The Balaban J connectivity index is 2.12. The van der Waals surface area contributed by atoms with Gasteiger partial charge in [0.25, 0.3) is 0 Å². The van der Waals surface area contributed by atoms with Gasteiger partial charge in [-0.1, -0.05) is 6.07 Å². The van der Waals surface area contributed by atoms with E-state index in [2.05, 4.69) is 15.2 Å². The highest BCUT2D eigenvalue weighted by atomic mass is 16.5. The van der Waals surface area contributed by atoms with Crippen LogP contribution in [0.1, 0.15) is 6.92 Å². The van der Waals surface area contributed by atoms with Gasteiger partial charge >= 0.3 is 6.03 Å². The Morgan fingerprint density at radius 3 is 2.95 bits per heavy atom. The third-order valence-electron chi connectivity index (χ3n) is 3.22. The van der Waals surface area contributed by atoms with Crippen LogP contribution in [0, 0.1) is 0 Å².